The number of carbonyl (C=O) groups is 1. The molecule has 3 fully saturated rings. The Morgan fingerprint density at radius 1 is 0.972 bits per heavy atom. The number of aryl methyl sites for hydroxylation is 1. The molecule has 2 aromatic carbocycles. The van der Waals surface area contributed by atoms with E-state index in [0.29, 0.717) is 36.4 Å². The van der Waals surface area contributed by atoms with Gasteiger partial charge in [0.2, 0.25) is 15.9 Å². The van der Waals surface area contributed by atoms with E-state index in [1.807, 2.05) is 49.4 Å². The van der Waals surface area contributed by atoms with Crippen molar-refractivity contribution in [3.63, 3.8) is 0 Å². The Bertz CT molecular complexity index is 1150. The number of carbonyl (C=O) groups excluding carboxylic acids is 1. The molecule has 2 aromatic rings. The van der Waals surface area contributed by atoms with E-state index >= 15 is 0 Å². The van der Waals surface area contributed by atoms with Crippen LogP contribution in [0, 0.1) is 24.7 Å². The zero-order valence-electron chi connectivity index (χ0n) is 21.3. The Balaban J connectivity index is 1.19. The van der Waals surface area contributed by atoms with E-state index in [4.69, 9.17) is 0 Å². The topological polar surface area (TPSA) is 81.8 Å². The summed E-state index contributed by atoms with van der Waals surface area (Å²) in [6.07, 6.45) is 3.84. The summed E-state index contributed by atoms with van der Waals surface area (Å²) in [5.74, 6) is 1.05. The highest BCUT2D eigenvalue weighted by Crippen LogP contribution is 2.40. The zero-order valence-corrected chi connectivity index (χ0v) is 22.1. The molecule has 1 amide bonds. The number of hydrazine groups is 1. The van der Waals surface area contributed by atoms with Gasteiger partial charge in [-0.05, 0) is 69.1 Å². The minimum Gasteiger partial charge on any atom is -0.352 e. The standard InChI is InChI=1S/C28H38N4O3S/c1-20-8-10-25(11-9-20)36(34,35)31-15-12-23(13-16-31)24-14-17-32-26(18-24)27(21(2)30-32)28(33)29-19-22-6-4-3-5-7-22/h3-11,21,23-24,26-27,30H,12-19H2,1-2H3,(H,29,33). The van der Waals surface area contributed by atoms with Gasteiger partial charge in [0.1, 0.15) is 0 Å². The Hall–Kier alpha value is -2.26. The van der Waals surface area contributed by atoms with Gasteiger partial charge < -0.3 is 5.32 Å². The van der Waals surface area contributed by atoms with Crippen molar-refractivity contribution >= 4 is 15.9 Å². The molecule has 3 heterocycles. The summed E-state index contributed by atoms with van der Waals surface area (Å²) < 4.78 is 27.9. The van der Waals surface area contributed by atoms with E-state index < -0.39 is 10.0 Å². The molecule has 0 spiro atoms. The van der Waals surface area contributed by atoms with Crippen LogP contribution in [0.15, 0.2) is 59.5 Å². The van der Waals surface area contributed by atoms with Crippen LogP contribution in [0.2, 0.25) is 0 Å². The van der Waals surface area contributed by atoms with Crippen molar-refractivity contribution in [2.75, 3.05) is 19.6 Å². The van der Waals surface area contributed by atoms with E-state index in [-0.39, 0.29) is 23.9 Å². The summed E-state index contributed by atoms with van der Waals surface area (Å²) >= 11 is 0. The molecule has 0 saturated carbocycles. The molecule has 2 N–H and O–H groups in total. The maximum atomic E-state index is 13.2. The number of hydrogen-bond acceptors (Lipinski definition) is 5. The summed E-state index contributed by atoms with van der Waals surface area (Å²) in [5, 5.41) is 5.44. The Morgan fingerprint density at radius 3 is 2.33 bits per heavy atom. The van der Waals surface area contributed by atoms with Crippen LogP contribution in [-0.4, -0.2) is 55.4 Å². The lowest BCUT2D eigenvalue weighted by molar-refractivity contribution is -0.126. The maximum Gasteiger partial charge on any atom is 0.243 e. The quantitative estimate of drug-likeness (QED) is 0.623. The number of hydrogen-bond donors (Lipinski definition) is 2. The van der Waals surface area contributed by atoms with Crippen molar-refractivity contribution in [1.82, 2.24) is 20.1 Å². The average molecular weight is 511 g/mol. The van der Waals surface area contributed by atoms with E-state index in [0.717, 1.165) is 43.4 Å². The van der Waals surface area contributed by atoms with Crippen molar-refractivity contribution in [3.05, 3.63) is 65.7 Å². The van der Waals surface area contributed by atoms with Crippen LogP contribution in [-0.2, 0) is 21.4 Å². The molecule has 4 unspecified atom stereocenters. The minimum atomic E-state index is -3.44. The third-order valence-corrected chi connectivity index (χ3v) is 10.4. The summed E-state index contributed by atoms with van der Waals surface area (Å²) in [7, 11) is -3.44. The smallest absolute Gasteiger partial charge is 0.243 e. The van der Waals surface area contributed by atoms with Crippen molar-refractivity contribution in [1.29, 1.82) is 0 Å². The number of piperidine rings is 2. The molecule has 0 aromatic heterocycles. The number of sulfonamides is 1. The van der Waals surface area contributed by atoms with Crippen LogP contribution in [0.25, 0.3) is 0 Å². The lowest BCUT2D eigenvalue weighted by atomic mass is 9.74. The van der Waals surface area contributed by atoms with Crippen LogP contribution in [0.1, 0.15) is 43.7 Å². The van der Waals surface area contributed by atoms with Crippen molar-refractivity contribution < 1.29 is 13.2 Å². The summed E-state index contributed by atoms with van der Waals surface area (Å²) in [4.78, 5) is 13.6. The molecule has 3 aliphatic rings. The molecule has 36 heavy (non-hydrogen) atoms. The van der Waals surface area contributed by atoms with Gasteiger partial charge in [-0.15, -0.1) is 0 Å². The highest BCUT2D eigenvalue weighted by atomic mass is 32.2. The third-order valence-electron chi connectivity index (χ3n) is 8.44. The van der Waals surface area contributed by atoms with Crippen LogP contribution >= 0.6 is 0 Å². The molecule has 0 radical (unpaired) electrons. The summed E-state index contributed by atoms with van der Waals surface area (Å²) in [6.45, 7) is 6.69. The number of nitrogens with one attached hydrogen (secondary N) is 2. The fraction of sp³-hybridized carbons (Fsp3) is 0.536. The van der Waals surface area contributed by atoms with Crippen molar-refractivity contribution in [2.24, 2.45) is 17.8 Å². The second-order valence-corrected chi connectivity index (χ2v) is 12.7. The number of nitrogens with zero attached hydrogens (tertiary/aromatic N) is 2. The zero-order chi connectivity index (χ0) is 25.3. The fourth-order valence-corrected chi connectivity index (χ4v) is 7.85. The van der Waals surface area contributed by atoms with Crippen LogP contribution in [0.3, 0.4) is 0 Å². The molecule has 0 bridgehead atoms. The molecule has 3 saturated heterocycles. The first kappa shape index (κ1) is 25.4. The van der Waals surface area contributed by atoms with E-state index in [1.165, 1.54) is 0 Å². The van der Waals surface area contributed by atoms with Gasteiger partial charge in [0.15, 0.2) is 0 Å². The average Bonchev–Trinajstić information content (AvgIpc) is 3.23. The molecule has 194 valence electrons. The first-order chi connectivity index (χ1) is 17.3. The van der Waals surface area contributed by atoms with Gasteiger partial charge >= 0.3 is 0 Å². The normalized spacial score (nSPS) is 28.1. The third kappa shape index (κ3) is 5.23. The predicted molar refractivity (Wildman–Crippen MR) is 140 cm³/mol. The molecular formula is C28H38N4O3S. The number of rotatable bonds is 6. The van der Waals surface area contributed by atoms with E-state index in [1.54, 1.807) is 16.4 Å². The molecule has 3 aliphatic heterocycles. The van der Waals surface area contributed by atoms with Gasteiger partial charge in [-0.25, -0.2) is 13.4 Å². The molecule has 4 atom stereocenters. The fourth-order valence-electron chi connectivity index (χ4n) is 6.38. The Morgan fingerprint density at radius 2 is 1.64 bits per heavy atom. The number of fused-ring (bicyclic) bond motifs is 1. The lowest BCUT2D eigenvalue weighted by Gasteiger charge is -2.42. The number of benzene rings is 2. The van der Waals surface area contributed by atoms with Crippen molar-refractivity contribution in [2.45, 2.75) is 63.1 Å². The van der Waals surface area contributed by atoms with Crippen LogP contribution in [0.4, 0.5) is 0 Å². The second kappa shape index (κ2) is 10.6. The molecule has 0 aliphatic carbocycles. The van der Waals surface area contributed by atoms with Gasteiger partial charge in [-0.1, -0.05) is 48.0 Å². The van der Waals surface area contributed by atoms with Crippen molar-refractivity contribution in [3.8, 4) is 0 Å². The largest absolute Gasteiger partial charge is 0.352 e. The monoisotopic (exact) mass is 510 g/mol. The minimum absolute atomic E-state index is 0.0847. The van der Waals surface area contributed by atoms with Gasteiger partial charge in [0, 0.05) is 38.3 Å². The van der Waals surface area contributed by atoms with E-state index in [9.17, 15) is 13.2 Å². The Labute approximate surface area is 215 Å². The van der Waals surface area contributed by atoms with Gasteiger partial charge in [-0.2, -0.15) is 4.31 Å². The van der Waals surface area contributed by atoms with Crippen LogP contribution < -0.4 is 10.7 Å². The number of amides is 1. The predicted octanol–water partition coefficient (Wildman–Crippen LogP) is 3.32. The maximum absolute atomic E-state index is 13.2. The second-order valence-electron chi connectivity index (χ2n) is 10.7. The lowest BCUT2D eigenvalue weighted by Crippen LogP contribution is -2.49. The molecule has 7 nitrogen and oxygen atoms in total. The highest BCUT2D eigenvalue weighted by molar-refractivity contribution is 7.89. The Kier molecular flexibility index (Phi) is 7.49. The molecular weight excluding hydrogens is 472 g/mol. The van der Waals surface area contributed by atoms with Crippen LogP contribution in [0.5, 0.6) is 0 Å². The van der Waals surface area contributed by atoms with Gasteiger partial charge in [-0.3, -0.25) is 10.2 Å². The van der Waals surface area contributed by atoms with E-state index in [2.05, 4.69) is 22.7 Å². The molecule has 5 rings (SSSR count). The summed E-state index contributed by atoms with van der Waals surface area (Å²) in [6, 6.07) is 17.5. The summed E-state index contributed by atoms with van der Waals surface area (Å²) in [5.41, 5.74) is 5.71. The molecule has 8 heteroatoms. The van der Waals surface area contributed by atoms with Gasteiger partial charge in [0.05, 0.1) is 10.8 Å². The first-order valence-electron chi connectivity index (χ1n) is 13.2. The van der Waals surface area contributed by atoms with Gasteiger partial charge in [0.25, 0.3) is 0 Å². The SMILES string of the molecule is Cc1ccc(S(=O)(=O)N2CCC(C3CCN4NC(C)C(C(=O)NCc5ccccc5)C4C3)CC2)cc1. The first-order valence-corrected chi connectivity index (χ1v) is 14.7. The highest BCUT2D eigenvalue weighted by Gasteiger charge is 2.47.